The molecule has 2 aromatic rings. The van der Waals surface area contributed by atoms with Crippen molar-refractivity contribution in [1.29, 1.82) is 0 Å². The molecule has 0 bridgehead atoms. The van der Waals surface area contributed by atoms with Gasteiger partial charge in [0.15, 0.2) is 0 Å². The summed E-state index contributed by atoms with van der Waals surface area (Å²) in [6, 6.07) is 19.8. The molecule has 2 unspecified atom stereocenters. The summed E-state index contributed by atoms with van der Waals surface area (Å²) in [4.78, 5) is 0. The Morgan fingerprint density at radius 3 is 2.48 bits per heavy atom. The number of hydrogen-bond acceptors (Lipinski definition) is 0. The van der Waals surface area contributed by atoms with Crippen LogP contribution in [0.2, 0.25) is 0 Å². The third-order valence-electron chi connectivity index (χ3n) is 5.08. The van der Waals surface area contributed by atoms with Crippen LogP contribution in [0.4, 0.5) is 0 Å². The first-order valence-electron chi connectivity index (χ1n) is 7.79. The highest BCUT2D eigenvalue weighted by Gasteiger charge is 2.43. The molecular formula is C21H20. The minimum atomic E-state index is -0.0155. The van der Waals surface area contributed by atoms with Crippen LogP contribution in [0.25, 0.3) is 5.57 Å². The van der Waals surface area contributed by atoms with Gasteiger partial charge in [0, 0.05) is 5.41 Å². The van der Waals surface area contributed by atoms with Gasteiger partial charge >= 0.3 is 0 Å². The predicted molar refractivity (Wildman–Crippen MR) is 89.2 cm³/mol. The monoisotopic (exact) mass is 272 g/mol. The topological polar surface area (TPSA) is 0 Å². The summed E-state index contributed by atoms with van der Waals surface area (Å²) in [5.74, 6) is 0.626. The van der Waals surface area contributed by atoms with Crippen molar-refractivity contribution in [3.05, 3.63) is 89.0 Å². The SMILES string of the molecule is CC1C=C2C(=CC1)c1ccccc1C2(C)c1ccccc1. The molecule has 0 aliphatic heterocycles. The van der Waals surface area contributed by atoms with Crippen LogP contribution in [0.3, 0.4) is 0 Å². The fraction of sp³-hybridized carbons (Fsp3) is 0.238. The van der Waals surface area contributed by atoms with Gasteiger partial charge in [-0.25, -0.2) is 0 Å². The Hall–Kier alpha value is -2.08. The summed E-state index contributed by atoms with van der Waals surface area (Å²) in [7, 11) is 0. The van der Waals surface area contributed by atoms with Crippen LogP contribution in [0.5, 0.6) is 0 Å². The molecule has 0 saturated carbocycles. The number of hydrogen-bond donors (Lipinski definition) is 0. The smallest absolute Gasteiger partial charge is 0.0432 e. The summed E-state index contributed by atoms with van der Waals surface area (Å²) >= 11 is 0. The van der Waals surface area contributed by atoms with Crippen LogP contribution in [0.15, 0.2) is 72.3 Å². The zero-order valence-corrected chi connectivity index (χ0v) is 12.6. The van der Waals surface area contributed by atoms with Crippen molar-refractivity contribution in [2.45, 2.75) is 25.7 Å². The maximum Gasteiger partial charge on any atom is 0.0432 e. The van der Waals surface area contributed by atoms with Crippen molar-refractivity contribution in [2.24, 2.45) is 5.92 Å². The maximum absolute atomic E-state index is 2.49. The van der Waals surface area contributed by atoms with Crippen LogP contribution >= 0.6 is 0 Å². The first-order valence-corrected chi connectivity index (χ1v) is 7.79. The Balaban J connectivity index is 2.04. The quantitative estimate of drug-likeness (QED) is 0.656. The average Bonchev–Trinajstić information content (AvgIpc) is 2.79. The second-order valence-corrected chi connectivity index (χ2v) is 6.45. The number of allylic oxidation sites excluding steroid dienone is 4. The highest BCUT2D eigenvalue weighted by atomic mass is 14.5. The van der Waals surface area contributed by atoms with Gasteiger partial charge in [-0.3, -0.25) is 0 Å². The highest BCUT2D eigenvalue weighted by Crippen LogP contribution is 2.54. The van der Waals surface area contributed by atoms with E-state index in [1.165, 1.54) is 27.8 Å². The van der Waals surface area contributed by atoms with Crippen LogP contribution in [-0.2, 0) is 5.41 Å². The van der Waals surface area contributed by atoms with Gasteiger partial charge in [0.05, 0.1) is 0 Å². The first kappa shape index (κ1) is 12.6. The van der Waals surface area contributed by atoms with E-state index >= 15 is 0 Å². The van der Waals surface area contributed by atoms with E-state index in [-0.39, 0.29) is 5.41 Å². The summed E-state index contributed by atoms with van der Waals surface area (Å²) in [5.41, 5.74) is 7.19. The van der Waals surface area contributed by atoms with Crippen LogP contribution in [0.1, 0.15) is 37.0 Å². The van der Waals surface area contributed by atoms with Gasteiger partial charge < -0.3 is 0 Å². The van der Waals surface area contributed by atoms with E-state index < -0.39 is 0 Å². The highest BCUT2D eigenvalue weighted by molar-refractivity contribution is 5.92. The van der Waals surface area contributed by atoms with Gasteiger partial charge in [0.2, 0.25) is 0 Å². The molecule has 2 aliphatic rings. The van der Waals surface area contributed by atoms with Gasteiger partial charge in [0.25, 0.3) is 0 Å². The molecule has 0 N–H and O–H groups in total. The Morgan fingerprint density at radius 2 is 1.67 bits per heavy atom. The molecule has 0 radical (unpaired) electrons. The fourth-order valence-corrected chi connectivity index (χ4v) is 3.93. The Kier molecular flexibility index (Phi) is 2.68. The number of benzene rings is 2. The van der Waals surface area contributed by atoms with Crippen molar-refractivity contribution >= 4 is 5.57 Å². The molecule has 2 aliphatic carbocycles. The molecule has 0 spiro atoms. The first-order chi connectivity index (χ1) is 10.2. The fourth-order valence-electron chi connectivity index (χ4n) is 3.93. The van der Waals surface area contributed by atoms with Crippen molar-refractivity contribution in [2.75, 3.05) is 0 Å². The summed E-state index contributed by atoms with van der Waals surface area (Å²) in [5, 5.41) is 0. The molecule has 4 rings (SSSR count). The van der Waals surface area contributed by atoms with Crippen LogP contribution in [-0.4, -0.2) is 0 Å². The van der Waals surface area contributed by atoms with Gasteiger partial charge in [-0.1, -0.05) is 73.7 Å². The summed E-state index contributed by atoms with van der Waals surface area (Å²) < 4.78 is 0. The molecule has 0 amide bonds. The van der Waals surface area contributed by atoms with E-state index in [9.17, 15) is 0 Å². The molecule has 0 aromatic heterocycles. The molecule has 2 atom stereocenters. The third-order valence-corrected chi connectivity index (χ3v) is 5.08. The second kappa shape index (κ2) is 4.46. The molecule has 2 aromatic carbocycles. The summed E-state index contributed by atoms with van der Waals surface area (Å²) in [6.45, 7) is 4.70. The number of fused-ring (bicyclic) bond motifs is 3. The van der Waals surface area contributed by atoms with Crippen LogP contribution in [0, 0.1) is 5.92 Å². The third kappa shape index (κ3) is 1.68. The van der Waals surface area contributed by atoms with Crippen molar-refractivity contribution in [3.8, 4) is 0 Å². The molecule has 0 saturated heterocycles. The van der Waals surface area contributed by atoms with Crippen molar-refractivity contribution < 1.29 is 0 Å². The van der Waals surface area contributed by atoms with E-state index in [4.69, 9.17) is 0 Å². The van der Waals surface area contributed by atoms with Crippen molar-refractivity contribution in [1.82, 2.24) is 0 Å². The van der Waals surface area contributed by atoms with E-state index in [0.717, 1.165) is 6.42 Å². The van der Waals surface area contributed by atoms with E-state index in [0.29, 0.717) is 5.92 Å². The molecule has 0 fully saturated rings. The lowest BCUT2D eigenvalue weighted by Crippen LogP contribution is -2.23. The Labute approximate surface area is 126 Å². The Bertz CT molecular complexity index is 749. The van der Waals surface area contributed by atoms with Gasteiger partial charge in [-0.2, -0.15) is 0 Å². The van der Waals surface area contributed by atoms with E-state index in [1.54, 1.807) is 0 Å². The van der Waals surface area contributed by atoms with Gasteiger partial charge in [-0.05, 0) is 47.1 Å². The predicted octanol–water partition coefficient (Wildman–Crippen LogP) is 5.36. The Morgan fingerprint density at radius 1 is 0.952 bits per heavy atom. The molecule has 0 heterocycles. The maximum atomic E-state index is 2.49. The standard InChI is InChI=1S/C21H20/c1-15-12-13-18-17-10-6-7-11-19(17)21(2,20(18)14-15)16-8-4-3-5-9-16/h3-11,13-15H,12H2,1-2H3. The lowest BCUT2D eigenvalue weighted by molar-refractivity contribution is 0.669. The van der Waals surface area contributed by atoms with Crippen LogP contribution < -0.4 is 0 Å². The van der Waals surface area contributed by atoms with Gasteiger partial charge in [-0.15, -0.1) is 0 Å². The van der Waals surface area contributed by atoms with Crippen molar-refractivity contribution in [3.63, 3.8) is 0 Å². The second-order valence-electron chi connectivity index (χ2n) is 6.45. The molecule has 21 heavy (non-hydrogen) atoms. The summed E-state index contributed by atoms with van der Waals surface area (Å²) in [6.07, 6.45) is 6.08. The minimum absolute atomic E-state index is 0.0155. The molecular weight excluding hydrogens is 252 g/mol. The molecule has 104 valence electrons. The van der Waals surface area contributed by atoms with Gasteiger partial charge in [0.1, 0.15) is 0 Å². The zero-order valence-electron chi connectivity index (χ0n) is 12.6. The lowest BCUT2D eigenvalue weighted by atomic mass is 9.72. The molecule has 0 heteroatoms. The zero-order chi connectivity index (χ0) is 14.4. The minimum Gasteiger partial charge on any atom is -0.0763 e. The lowest BCUT2D eigenvalue weighted by Gasteiger charge is -2.30. The molecule has 0 nitrogen and oxygen atoms in total. The largest absolute Gasteiger partial charge is 0.0763 e. The van der Waals surface area contributed by atoms with E-state index in [1.807, 2.05) is 0 Å². The normalized spacial score (nSPS) is 26.7. The van der Waals surface area contributed by atoms with E-state index in [2.05, 4.69) is 80.6 Å². The average molecular weight is 272 g/mol. The number of rotatable bonds is 1.